The van der Waals surface area contributed by atoms with Crippen LogP contribution in [0.15, 0.2) is 76.2 Å². The molecule has 0 aliphatic carbocycles. The molecule has 28 heavy (non-hydrogen) atoms. The molecule has 0 radical (unpaired) electrons. The number of furan rings is 1. The van der Waals surface area contributed by atoms with E-state index >= 15 is 0 Å². The average molecular weight is 419 g/mol. The van der Waals surface area contributed by atoms with Gasteiger partial charge < -0.3 is 9.73 Å². The zero-order valence-corrected chi connectivity index (χ0v) is 16.7. The Bertz CT molecular complexity index is 1050. The summed E-state index contributed by atoms with van der Waals surface area (Å²) in [5, 5.41) is 2.83. The summed E-state index contributed by atoms with van der Waals surface area (Å²) in [7, 11) is -2.30. The summed E-state index contributed by atoms with van der Waals surface area (Å²) in [5.74, 6) is 0.0972. The van der Waals surface area contributed by atoms with E-state index in [1.54, 1.807) is 12.1 Å². The van der Waals surface area contributed by atoms with E-state index in [-0.39, 0.29) is 28.6 Å². The molecule has 3 rings (SSSR count). The van der Waals surface area contributed by atoms with Crippen LogP contribution in [0.25, 0.3) is 0 Å². The molecule has 0 unspecified atom stereocenters. The first-order valence-corrected chi connectivity index (χ1v) is 10.3. The molecule has 0 saturated heterocycles. The molecule has 2 aromatic carbocycles. The van der Waals surface area contributed by atoms with Crippen LogP contribution in [0.1, 0.15) is 21.7 Å². The molecule has 146 valence electrons. The Morgan fingerprint density at radius 2 is 1.86 bits per heavy atom. The summed E-state index contributed by atoms with van der Waals surface area (Å²) in [6.45, 7) is 0.388. The highest BCUT2D eigenvalue weighted by Crippen LogP contribution is 2.23. The molecule has 0 aliphatic rings. The van der Waals surface area contributed by atoms with Gasteiger partial charge >= 0.3 is 0 Å². The van der Waals surface area contributed by atoms with E-state index in [0.717, 1.165) is 5.56 Å². The standard InChI is InChI=1S/C20H19ClN2O4S/c1-23(14-15-6-3-2-4-7-15)28(25,26)17-9-10-19(21)18(12-17)20(24)22-13-16-8-5-11-27-16/h2-12H,13-14H2,1H3,(H,22,24). The van der Waals surface area contributed by atoms with Crippen molar-refractivity contribution in [1.82, 2.24) is 9.62 Å². The van der Waals surface area contributed by atoms with Gasteiger partial charge in [-0.15, -0.1) is 0 Å². The van der Waals surface area contributed by atoms with Crippen LogP contribution in [0.3, 0.4) is 0 Å². The van der Waals surface area contributed by atoms with Crippen LogP contribution in [-0.4, -0.2) is 25.7 Å². The van der Waals surface area contributed by atoms with E-state index in [1.807, 2.05) is 30.3 Å². The number of nitrogens with zero attached hydrogens (tertiary/aromatic N) is 1. The number of nitrogens with one attached hydrogen (secondary N) is 1. The van der Waals surface area contributed by atoms with E-state index in [1.165, 1.54) is 35.8 Å². The zero-order chi connectivity index (χ0) is 20.1. The maximum absolute atomic E-state index is 12.9. The summed E-state index contributed by atoms with van der Waals surface area (Å²) >= 11 is 6.12. The quantitative estimate of drug-likeness (QED) is 0.634. The third-order valence-electron chi connectivity index (χ3n) is 4.14. The molecule has 1 amide bonds. The van der Waals surface area contributed by atoms with Gasteiger partial charge in [0.1, 0.15) is 5.76 Å². The molecule has 0 atom stereocenters. The lowest BCUT2D eigenvalue weighted by molar-refractivity contribution is 0.0948. The van der Waals surface area contributed by atoms with Gasteiger partial charge in [-0.05, 0) is 35.9 Å². The average Bonchev–Trinajstić information content (AvgIpc) is 3.20. The molecular weight excluding hydrogens is 400 g/mol. The Labute approximate surface area is 168 Å². The van der Waals surface area contributed by atoms with Gasteiger partial charge in [0, 0.05) is 13.6 Å². The van der Waals surface area contributed by atoms with E-state index in [4.69, 9.17) is 16.0 Å². The molecule has 3 aromatic rings. The van der Waals surface area contributed by atoms with Gasteiger partial charge in [0.05, 0.1) is 28.3 Å². The zero-order valence-electron chi connectivity index (χ0n) is 15.1. The summed E-state index contributed by atoms with van der Waals surface area (Å²) in [6.07, 6.45) is 1.50. The highest BCUT2D eigenvalue weighted by molar-refractivity contribution is 7.89. The topological polar surface area (TPSA) is 79.6 Å². The van der Waals surface area contributed by atoms with Crippen LogP contribution < -0.4 is 5.32 Å². The van der Waals surface area contributed by atoms with Gasteiger partial charge in [-0.2, -0.15) is 4.31 Å². The van der Waals surface area contributed by atoms with Crippen molar-refractivity contribution in [3.8, 4) is 0 Å². The molecule has 0 bridgehead atoms. The Morgan fingerprint density at radius 3 is 2.54 bits per heavy atom. The SMILES string of the molecule is CN(Cc1ccccc1)S(=O)(=O)c1ccc(Cl)c(C(=O)NCc2ccco2)c1. The molecule has 0 fully saturated rings. The van der Waals surface area contributed by atoms with E-state index in [0.29, 0.717) is 5.76 Å². The van der Waals surface area contributed by atoms with Crippen molar-refractivity contribution in [3.05, 3.63) is 88.8 Å². The van der Waals surface area contributed by atoms with Crippen molar-refractivity contribution in [2.45, 2.75) is 18.0 Å². The second-order valence-electron chi connectivity index (χ2n) is 6.15. The smallest absolute Gasteiger partial charge is 0.253 e. The molecule has 6 nitrogen and oxygen atoms in total. The lowest BCUT2D eigenvalue weighted by Gasteiger charge is -2.18. The van der Waals surface area contributed by atoms with Crippen molar-refractivity contribution in [3.63, 3.8) is 0 Å². The number of carbonyl (C=O) groups is 1. The molecule has 8 heteroatoms. The lowest BCUT2D eigenvalue weighted by Crippen LogP contribution is -2.27. The minimum absolute atomic E-state index is 0.00141. The van der Waals surface area contributed by atoms with E-state index in [2.05, 4.69) is 5.32 Å². The molecular formula is C20H19ClN2O4S. The summed E-state index contributed by atoms with van der Waals surface area (Å²) in [5.41, 5.74) is 0.946. The van der Waals surface area contributed by atoms with Crippen molar-refractivity contribution >= 4 is 27.5 Å². The van der Waals surface area contributed by atoms with Crippen LogP contribution in [0.2, 0.25) is 5.02 Å². The first kappa shape index (κ1) is 20.1. The fourth-order valence-corrected chi connectivity index (χ4v) is 4.01. The van der Waals surface area contributed by atoms with Crippen LogP contribution in [0.5, 0.6) is 0 Å². The number of sulfonamides is 1. The third-order valence-corrected chi connectivity index (χ3v) is 6.27. The Hall–Kier alpha value is -2.61. The normalized spacial score (nSPS) is 11.5. The van der Waals surface area contributed by atoms with Gasteiger partial charge in [-0.25, -0.2) is 8.42 Å². The third kappa shape index (κ3) is 4.62. The summed E-state index contributed by atoms with van der Waals surface area (Å²) in [4.78, 5) is 12.5. The highest BCUT2D eigenvalue weighted by atomic mass is 35.5. The van der Waals surface area contributed by atoms with Crippen molar-refractivity contribution in [1.29, 1.82) is 0 Å². The predicted molar refractivity (Wildman–Crippen MR) is 106 cm³/mol. The largest absolute Gasteiger partial charge is 0.467 e. The van der Waals surface area contributed by atoms with Crippen molar-refractivity contribution in [2.75, 3.05) is 7.05 Å². The van der Waals surface area contributed by atoms with Crippen LogP contribution >= 0.6 is 11.6 Å². The lowest BCUT2D eigenvalue weighted by atomic mass is 10.2. The van der Waals surface area contributed by atoms with Crippen LogP contribution in [-0.2, 0) is 23.1 Å². The highest BCUT2D eigenvalue weighted by Gasteiger charge is 2.23. The van der Waals surface area contributed by atoms with Crippen LogP contribution in [0, 0.1) is 0 Å². The molecule has 1 aromatic heterocycles. The maximum Gasteiger partial charge on any atom is 0.253 e. The number of amides is 1. The summed E-state index contributed by atoms with van der Waals surface area (Å²) < 4.78 is 32.2. The molecule has 0 saturated carbocycles. The first-order chi connectivity index (χ1) is 13.4. The molecule has 0 aliphatic heterocycles. The second kappa shape index (κ2) is 8.60. The van der Waals surface area contributed by atoms with Gasteiger partial charge in [0.25, 0.3) is 5.91 Å². The number of carbonyl (C=O) groups excluding carboxylic acids is 1. The fraction of sp³-hybridized carbons (Fsp3) is 0.150. The molecule has 1 N–H and O–H groups in total. The predicted octanol–water partition coefficient (Wildman–Crippen LogP) is 3.68. The Morgan fingerprint density at radius 1 is 1.11 bits per heavy atom. The van der Waals surface area contributed by atoms with Crippen molar-refractivity contribution in [2.24, 2.45) is 0 Å². The van der Waals surface area contributed by atoms with Crippen LogP contribution in [0.4, 0.5) is 0 Å². The minimum Gasteiger partial charge on any atom is -0.467 e. The minimum atomic E-state index is -3.79. The fourth-order valence-electron chi connectivity index (χ4n) is 2.62. The van der Waals surface area contributed by atoms with Gasteiger partial charge in [0.15, 0.2) is 0 Å². The number of halogens is 1. The van der Waals surface area contributed by atoms with E-state index in [9.17, 15) is 13.2 Å². The number of benzene rings is 2. The Kier molecular flexibility index (Phi) is 6.18. The first-order valence-electron chi connectivity index (χ1n) is 8.48. The number of hydrogen-bond acceptors (Lipinski definition) is 4. The van der Waals surface area contributed by atoms with Gasteiger partial charge in [-0.3, -0.25) is 4.79 Å². The van der Waals surface area contributed by atoms with Gasteiger partial charge in [0.2, 0.25) is 10.0 Å². The monoisotopic (exact) mass is 418 g/mol. The van der Waals surface area contributed by atoms with Crippen molar-refractivity contribution < 1.29 is 17.6 Å². The second-order valence-corrected chi connectivity index (χ2v) is 8.60. The molecule has 0 spiro atoms. The maximum atomic E-state index is 12.9. The summed E-state index contributed by atoms with van der Waals surface area (Å²) in [6, 6.07) is 16.8. The van der Waals surface area contributed by atoms with Gasteiger partial charge in [-0.1, -0.05) is 41.9 Å². The Balaban J connectivity index is 1.79. The van der Waals surface area contributed by atoms with E-state index < -0.39 is 15.9 Å². The molecule has 1 heterocycles. The number of hydrogen-bond donors (Lipinski definition) is 1. The number of rotatable bonds is 7.